The van der Waals surface area contributed by atoms with Crippen LogP contribution in [0.15, 0.2) is 56.5 Å². The van der Waals surface area contributed by atoms with Crippen molar-refractivity contribution < 1.29 is 14.3 Å². The maximum absolute atomic E-state index is 12.4. The Hall–Kier alpha value is -3.02. The first-order valence-corrected chi connectivity index (χ1v) is 6.58. The zero-order valence-corrected chi connectivity index (χ0v) is 11.8. The van der Waals surface area contributed by atoms with Gasteiger partial charge in [0.2, 0.25) is 0 Å². The van der Waals surface area contributed by atoms with Crippen LogP contribution in [-0.2, 0) is 6.54 Å². The molecule has 1 aromatic heterocycles. The molecule has 3 rings (SSSR count). The van der Waals surface area contributed by atoms with E-state index in [9.17, 15) is 14.7 Å². The first-order chi connectivity index (χ1) is 10.6. The second-order valence-electron chi connectivity index (χ2n) is 4.76. The normalized spacial score (nSPS) is 10.8. The Labute approximate surface area is 124 Å². The number of aromatic hydroxyl groups is 1. The average Bonchev–Trinajstić information content (AvgIpc) is 2.53. The van der Waals surface area contributed by atoms with Gasteiger partial charge in [0.25, 0.3) is 5.56 Å². The van der Waals surface area contributed by atoms with Crippen molar-refractivity contribution >= 4 is 11.0 Å². The molecule has 0 amide bonds. The lowest BCUT2D eigenvalue weighted by atomic mass is 10.2. The van der Waals surface area contributed by atoms with Crippen LogP contribution < -0.4 is 16.1 Å². The van der Waals surface area contributed by atoms with Crippen molar-refractivity contribution in [2.24, 2.45) is 0 Å². The smallest absolute Gasteiger partial charge is 0.422 e. The molecule has 1 heterocycles. The van der Waals surface area contributed by atoms with E-state index in [1.54, 1.807) is 36.4 Å². The fraction of sp³-hybridized carbons (Fsp3) is 0.125. The molecule has 6 nitrogen and oxygen atoms in total. The van der Waals surface area contributed by atoms with E-state index in [0.29, 0.717) is 10.9 Å². The summed E-state index contributed by atoms with van der Waals surface area (Å²) in [5.41, 5.74) is 0.482. The van der Waals surface area contributed by atoms with Gasteiger partial charge in [-0.2, -0.15) is 0 Å². The number of phenols is 1. The van der Waals surface area contributed by atoms with Gasteiger partial charge in [-0.3, -0.25) is 4.79 Å². The lowest BCUT2D eigenvalue weighted by Crippen LogP contribution is -2.32. The van der Waals surface area contributed by atoms with Crippen molar-refractivity contribution in [3.8, 4) is 11.5 Å². The molecule has 0 fully saturated rings. The number of benzene rings is 2. The van der Waals surface area contributed by atoms with Crippen LogP contribution in [0.2, 0.25) is 0 Å². The van der Waals surface area contributed by atoms with Crippen LogP contribution in [0.5, 0.6) is 11.5 Å². The second kappa shape index (κ2) is 5.40. The van der Waals surface area contributed by atoms with Gasteiger partial charge in [-0.05, 0) is 29.8 Å². The zero-order valence-electron chi connectivity index (χ0n) is 11.8. The molecule has 0 atom stereocenters. The Kier molecular flexibility index (Phi) is 3.42. The van der Waals surface area contributed by atoms with Gasteiger partial charge >= 0.3 is 5.76 Å². The number of para-hydroxylation sites is 1. The molecular weight excluding hydrogens is 286 g/mol. The molecular formula is C16H13NO5. The molecule has 22 heavy (non-hydrogen) atoms. The monoisotopic (exact) mass is 299 g/mol. The molecule has 1 N–H and O–H groups in total. The summed E-state index contributed by atoms with van der Waals surface area (Å²) in [5, 5.41) is 9.92. The third kappa shape index (κ3) is 2.35. The van der Waals surface area contributed by atoms with Crippen LogP contribution in [0.25, 0.3) is 11.0 Å². The molecule has 0 unspecified atom stereocenters. The number of phenolic OH excluding ortho intramolecular Hbond substituents is 1. The molecule has 0 radical (unpaired) electrons. The van der Waals surface area contributed by atoms with Crippen molar-refractivity contribution in [2.75, 3.05) is 7.11 Å². The predicted molar refractivity (Wildman–Crippen MR) is 80.5 cm³/mol. The number of rotatable bonds is 3. The molecule has 6 heteroatoms. The van der Waals surface area contributed by atoms with E-state index in [1.807, 2.05) is 0 Å². The third-order valence-electron chi connectivity index (χ3n) is 3.37. The summed E-state index contributed by atoms with van der Waals surface area (Å²) in [4.78, 5) is 24.4. The number of nitrogens with zero attached hydrogens (tertiary/aromatic N) is 1. The van der Waals surface area contributed by atoms with Gasteiger partial charge in [0.15, 0.2) is 11.5 Å². The van der Waals surface area contributed by atoms with Crippen LogP contribution in [-0.4, -0.2) is 16.8 Å². The standard InChI is InChI=1S/C16H13NO5/c1-21-14-8-10(6-7-12(14)18)9-17-15(19)11-4-2-3-5-13(11)22-16(17)20/h2-8,18H,9H2,1H3. The maximum Gasteiger partial charge on any atom is 0.422 e. The minimum atomic E-state index is -0.726. The van der Waals surface area contributed by atoms with Gasteiger partial charge in [-0.15, -0.1) is 0 Å². The summed E-state index contributed by atoms with van der Waals surface area (Å²) >= 11 is 0. The number of ether oxygens (including phenoxy) is 1. The SMILES string of the molecule is COc1cc(Cn2c(=O)oc3ccccc3c2=O)ccc1O. The molecule has 3 aromatic rings. The molecule has 0 aliphatic heterocycles. The minimum absolute atomic E-state index is 0.0101. The molecule has 0 saturated carbocycles. The van der Waals surface area contributed by atoms with Gasteiger partial charge in [-0.1, -0.05) is 18.2 Å². The summed E-state index contributed by atoms with van der Waals surface area (Å²) in [6.45, 7) is 0.0304. The Morgan fingerprint density at radius 2 is 1.95 bits per heavy atom. The zero-order chi connectivity index (χ0) is 15.7. The van der Waals surface area contributed by atoms with Crippen molar-refractivity contribution in [1.29, 1.82) is 0 Å². The van der Waals surface area contributed by atoms with Crippen molar-refractivity contribution in [1.82, 2.24) is 4.57 Å². The lowest BCUT2D eigenvalue weighted by molar-refractivity contribution is 0.372. The minimum Gasteiger partial charge on any atom is -0.504 e. The van der Waals surface area contributed by atoms with Crippen LogP contribution in [0, 0.1) is 0 Å². The van der Waals surface area contributed by atoms with Crippen LogP contribution >= 0.6 is 0 Å². The first kappa shape index (κ1) is 13.9. The summed E-state index contributed by atoms with van der Waals surface area (Å²) in [6, 6.07) is 11.2. The fourth-order valence-electron chi connectivity index (χ4n) is 2.25. The Balaban J connectivity index is 2.11. The molecule has 0 saturated heterocycles. The fourth-order valence-corrected chi connectivity index (χ4v) is 2.25. The number of methoxy groups -OCH3 is 1. The van der Waals surface area contributed by atoms with Crippen LogP contribution in [0.1, 0.15) is 5.56 Å². The van der Waals surface area contributed by atoms with Gasteiger partial charge in [0, 0.05) is 0 Å². The second-order valence-corrected chi connectivity index (χ2v) is 4.76. The third-order valence-corrected chi connectivity index (χ3v) is 3.37. The van der Waals surface area contributed by atoms with E-state index < -0.39 is 11.3 Å². The Morgan fingerprint density at radius 3 is 2.73 bits per heavy atom. The Bertz CT molecular complexity index is 955. The molecule has 0 spiro atoms. The van der Waals surface area contributed by atoms with Gasteiger partial charge in [-0.25, -0.2) is 9.36 Å². The van der Waals surface area contributed by atoms with E-state index in [4.69, 9.17) is 9.15 Å². The molecule has 112 valence electrons. The quantitative estimate of drug-likeness (QED) is 0.796. The molecule has 2 aromatic carbocycles. The van der Waals surface area contributed by atoms with Crippen molar-refractivity contribution in [3.05, 3.63) is 68.9 Å². The van der Waals surface area contributed by atoms with E-state index in [0.717, 1.165) is 4.57 Å². The predicted octanol–water partition coefficient (Wildman–Crippen LogP) is 1.72. The molecule has 0 aliphatic carbocycles. The largest absolute Gasteiger partial charge is 0.504 e. The van der Waals surface area contributed by atoms with Crippen molar-refractivity contribution in [3.63, 3.8) is 0 Å². The van der Waals surface area contributed by atoms with Crippen molar-refractivity contribution in [2.45, 2.75) is 6.54 Å². The number of fused-ring (bicyclic) bond motifs is 1. The molecule has 0 aliphatic rings. The number of aromatic nitrogens is 1. The average molecular weight is 299 g/mol. The number of hydrogen-bond donors (Lipinski definition) is 1. The van der Waals surface area contributed by atoms with Crippen LogP contribution in [0.4, 0.5) is 0 Å². The highest BCUT2D eigenvalue weighted by Gasteiger charge is 2.11. The van der Waals surface area contributed by atoms with Gasteiger partial charge in [0.05, 0.1) is 19.0 Å². The highest BCUT2D eigenvalue weighted by molar-refractivity contribution is 5.74. The summed E-state index contributed by atoms with van der Waals surface area (Å²) in [7, 11) is 1.43. The summed E-state index contributed by atoms with van der Waals surface area (Å²) in [5.74, 6) is -0.462. The van der Waals surface area contributed by atoms with Gasteiger partial charge in [0.1, 0.15) is 5.58 Å². The van der Waals surface area contributed by atoms with E-state index >= 15 is 0 Å². The maximum atomic E-state index is 12.4. The van der Waals surface area contributed by atoms with E-state index in [-0.39, 0.29) is 23.6 Å². The number of hydrogen-bond acceptors (Lipinski definition) is 5. The molecule has 0 bridgehead atoms. The lowest BCUT2D eigenvalue weighted by Gasteiger charge is -2.08. The van der Waals surface area contributed by atoms with Gasteiger partial charge < -0.3 is 14.3 Å². The summed E-state index contributed by atoms with van der Waals surface area (Å²) < 4.78 is 11.2. The highest BCUT2D eigenvalue weighted by atomic mass is 16.5. The van der Waals surface area contributed by atoms with E-state index in [1.165, 1.54) is 13.2 Å². The highest BCUT2D eigenvalue weighted by Crippen LogP contribution is 2.26. The summed E-state index contributed by atoms with van der Waals surface area (Å²) in [6.07, 6.45) is 0. The topological polar surface area (TPSA) is 81.7 Å². The Morgan fingerprint density at radius 1 is 1.18 bits per heavy atom. The van der Waals surface area contributed by atoms with Crippen LogP contribution in [0.3, 0.4) is 0 Å². The van der Waals surface area contributed by atoms with E-state index in [2.05, 4.69) is 0 Å². The first-order valence-electron chi connectivity index (χ1n) is 6.58.